The highest BCUT2D eigenvalue weighted by Crippen LogP contribution is 2.27. The molecule has 1 aliphatic rings. The van der Waals surface area contributed by atoms with Crippen LogP contribution in [0, 0.1) is 23.7 Å². The molecule has 2 amide bonds. The van der Waals surface area contributed by atoms with Crippen molar-refractivity contribution in [2.45, 2.75) is 52.7 Å². The molecule has 2 aromatic heterocycles. The number of fused-ring (bicyclic) bond motifs is 1. The number of ether oxygens (including phenoxy) is 1. The van der Waals surface area contributed by atoms with Crippen LogP contribution in [0.1, 0.15) is 55.6 Å². The third-order valence-electron chi connectivity index (χ3n) is 6.22. The zero-order chi connectivity index (χ0) is 26.2. The van der Waals surface area contributed by atoms with Gasteiger partial charge in [0.2, 0.25) is 11.8 Å². The molecule has 36 heavy (non-hydrogen) atoms. The van der Waals surface area contributed by atoms with E-state index >= 15 is 0 Å². The number of carbonyl (C=O) groups excluding carboxylic acids is 2. The zero-order valence-electron chi connectivity index (χ0n) is 21.8. The SMILES string of the molecule is CC(C)CC#Cc1cnc2c(c1)C(=O)N([C@H](C)CO)C[C@@H](C)[C@@H](CN(C)C(=O)Cc1cccnc1)O2. The molecule has 0 bridgehead atoms. The van der Waals surface area contributed by atoms with E-state index in [0.29, 0.717) is 30.1 Å². The van der Waals surface area contributed by atoms with E-state index in [9.17, 15) is 14.7 Å². The number of amides is 2. The number of hydrogen-bond donors (Lipinski definition) is 1. The van der Waals surface area contributed by atoms with E-state index in [2.05, 4.69) is 35.7 Å². The molecule has 3 atom stereocenters. The number of aliphatic hydroxyl groups excluding tert-OH is 1. The molecule has 8 heteroatoms. The van der Waals surface area contributed by atoms with Crippen molar-refractivity contribution < 1.29 is 19.4 Å². The molecule has 0 saturated carbocycles. The molecular weight excluding hydrogens is 456 g/mol. The molecular formula is C28H36N4O4. The molecule has 0 fully saturated rings. The van der Waals surface area contributed by atoms with Gasteiger partial charge in [0.1, 0.15) is 11.7 Å². The largest absolute Gasteiger partial charge is 0.472 e. The molecule has 1 N–H and O–H groups in total. The maximum atomic E-state index is 13.5. The standard InChI is InChI=1S/C28H36N4O4/c1-19(2)8-6-9-22-12-24-27(30-15-22)36-25(20(3)16-32(28(24)35)21(4)18-33)17-31(5)26(34)13-23-10-7-11-29-14-23/h7,10-12,14-15,19-21,25,33H,8,13,16-18H2,1-5H3/t20-,21-,25-/m1/s1. The normalized spacial score (nSPS) is 18.3. The smallest absolute Gasteiger partial charge is 0.259 e. The number of rotatable bonds is 7. The fourth-order valence-corrected chi connectivity index (χ4v) is 3.93. The van der Waals surface area contributed by atoms with Crippen LogP contribution in [0.15, 0.2) is 36.8 Å². The van der Waals surface area contributed by atoms with Crippen molar-refractivity contribution in [1.82, 2.24) is 19.8 Å². The number of nitrogens with zero attached hydrogens (tertiary/aromatic N) is 4. The molecule has 0 spiro atoms. The summed E-state index contributed by atoms with van der Waals surface area (Å²) in [6.07, 6.45) is 5.55. The Morgan fingerprint density at radius 2 is 2.11 bits per heavy atom. The van der Waals surface area contributed by atoms with Gasteiger partial charge < -0.3 is 19.6 Å². The highest BCUT2D eigenvalue weighted by Gasteiger charge is 2.34. The average Bonchev–Trinajstić information content (AvgIpc) is 2.86. The van der Waals surface area contributed by atoms with E-state index in [-0.39, 0.29) is 42.7 Å². The molecule has 0 saturated heterocycles. The van der Waals surface area contributed by atoms with Crippen LogP contribution in [-0.4, -0.2) is 75.6 Å². The summed E-state index contributed by atoms with van der Waals surface area (Å²) in [7, 11) is 1.74. The first kappa shape index (κ1) is 27.2. The summed E-state index contributed by atoms with van der Waals surface area (Å²) in [5, 5.41) is 9.83. The first-order valence-corrected chi connectivity index (χ1v) is 12.4. The van der Waals surface area contributed by atoms with Crippen LogP contribution in [0.25, 0.3) is 0 Å². The van der Waals surface area contributed by atoms with Crippen LogP contribution in [0.5, 0.6) is 5.88 Å². The average molecular weight is 493 g/mol. The first-order chi connectivity index (χ1) is 17.2. The van der Waals surface area contributed by atoms with Crippen LogP contribution >= 0.6 is 0 Å². The minimum atomic E-state index is -0.404. The van der Waals surface area contributed by atoms with E-state index in [4.69, 9.17) is 4.74 Å². The van der Waals surface area contributed by atoms with Crippen molar-refractivity contribution in [2.75, 3.05) is 26.7 Å². The Hall–Kier alpha value is -3.44. The van der Waals surface area contributed by atoms with Crippen LogP contribution < -0.4 is 4.74 Å². The van der Waals surface area contributed by atoms with Gasteiger partial charge in [-0.1, -0.05) is 38.7 Å². The van der Waals surface area contributed by atoms with Gasteiger partial charge in [-0.15, -0.1) is 0 Å². The monoisotopic (exact) mass is 492 g/mol. The Labute approximate surface area is 213 Å². The van der Waals surface area contributed by atoms with Crippen molar-refractivity contribution in [3.8, 4) is 17.7 Å². The van der Waals surface area contributed by atoms with Gasteiger partial charge in [0.25, 0.3) is 5.91 Å². The molecule has 1 aliphatic heterocycles. The van der Waals surface area contributed by atoms with E-state index in [1.165, 1.54) is 0 Å². The lowest BCUT2D eigenvalue weighted by molar-refractivity contribution is -0.130. The third-order valence-corrected chi connectivity index (χ3v) is 6.22. The van der Waals surface area contributed by atoms with E-state index in [1.54, 1.807) is 47.6 Å². The molecule has 0 aromatic carbocycles. The summed E-state index contributed by atoms with van der Waals surface area (Å²) in [6, 6.07) is 5.00. The van der Waals surface area contributed by atoms with Gasteiger partial charge in [0.15, 0.2) is 0 Å². The molecule has 0 radical (unpaired) electrons. The Balaban J connectivity index is 1.87. The first-order valence-electron chi connectivity index (χ1n) is 12.4. The Kier molecular flexibility index (Phi) is 9.43. The van der Waals surface area contributed by atoms with Gasteiger partial charge in [-0.05, 0) is 30.5 Å². The molecule has 192 valence electrons. The maximum Gasteiger partial charge on any atom is 0.259 e. The van der Waals surface area contributed by atoms with Crippen molar-refractivity contribution in [2.24, 2.45) is 11.8 Å². The second-order valence-electron chi connectivity index (χ2n) is 9.91. The number of pyridine rings is 2. The third kappa shape index (κ3) is 7.05. The van der Waals surface area contributed by atoms with Crippen LogP contribution in [0.3, 0.4) is 0 Å². The number of aromatic nitrogens is 2. The molecule has 3 rings (SSSR count). The molecule has 0 aliphatic carbocycles. The van der Waals surface area contributed by atoms with Gasteiger partial charge in [-0.2, -0.15) is 0 Å². The minimum Gasteiger partial charge on any atom is -0.472 e. The van der Waals surface area contributed by atoms with Crippen molar-refractivity contribution in [1.29, 1.82) is 0 Å². The van der Waals surface area contributed by atoms with Gasteiger partial charge >= 0.3 is 0 Å². The fourth-order valence-electron chi connectivity index (χ4n) is 3.93. The van der Waals surface area contributed by atoms with E-state index in [1.807, 2.05) is 19.9 Å². The lowest BCUT2D eigenvalue weighted by atomic mass is 9.99. The van der Waals surface area contributed by atoms with Gasteiger partial charge in [0.05, 0.1) is 25.6 Å². The van der Waals surface area contributed by atoms with Crippen LogP contribution in [0.2, 0.25) is 0 Å². The second-order valence-corrected chi connectivity index (χ2v) is 9.91. The predicted molar refractivity (Wildman–Crippen MR) is 137 cm³/mol. The topological polar surface area (TPSA) is 95.9 Å². The summed E-state index contributed by atoms with van der Waals surface area (Å²) >= 11 is 0. The highest BCUT2D eigenvalue weighted by molar-refractivity contribution is 5.97. The molecule has 3 heterocycles. The van der Waals surface area contributed by atoms with Crippen molar-refractivity contribution in [3.05, 3.63) is 53.5 Å². The van der Waals surface area contributed by atoms with E-state index in [0.717, 1.165) is 12.0 Å². The molecule has 0 unspecified atom stereocenters. The van der Waals surface area contributed by atoms with Crippen LogP contribution in [0.4, 0.5) is 0 Å². The lowest BCUT2D eigenvalue weighted by Crippen LogP contribution is -2.50. The Morgan fingerprint density at radius 3 is 2.78 bits per heavy atom. The zero-order valence-corrected chi connectivity index (χ0v) is 21.8. The predicted octanol–water partition coefficient (Wildman–Crippen LogP) is 2.80. The Bertz CT molecular complexity index is 1110. The summed E-state index contributed by atoms with van der Waals surface area (Å²) in [5.74, 6) is 6.45. The molecule has 8 nitrogen and oxygen atoms in total. The number of aliphatic hydroxyl groups is 1. The highest BCUT2D eigenvalue weighted by atomic mass is 16.5. The Morgan fingerprint density at radius 1 is 1.33 bits per heavy atom. The quantitative estimate of drug-likeness (QED) is 0.597. The molecule has 2 aromatic rings. The van der Waals surface area contributed by atoms with Gasteiger partial charge in [0, 0.05) is 50.1 Å². The summed E-state index contributed by atoms with van der Waals surface area (Å²) < 4.78 is 6.27. The summed E-state index contributed by atoms with van der Waals surface area (Å²) in [5.41, 5.74) is 1.79. The fraction of sp³-hybridized carbons (Fsp3) is 0.500. The van der Waals surface area contributed by atoms with E-state index < -0.39 is 6.10 Å². The van der Waals surface area contributed by atoms with Gasteiger partial charge in [-0.3, -0.25) is 14.6 Å². The summed E-state index contributed by atoms with van der Waals surface area (Å²) in [4.78, 5) is 38.2. The van der Waals surface area contributed by atoms with Crippen molar-refractivity contribution >= 4 is 11.8 Å². The van der Waals surface area contributed by atoms with Crippen molar-refractivity contribution in [3.63, 3.8) is 0 Å². The maximum absolute atomic E-state index is 13.5. The number of likely N-dealkylation sites (N-methyl/N-ethyl adjacent to an activating group) is 1. The number of hydrogen-bond acceptors (Lipinski definition) is 6. The lowest BCUT2D eigenvalue weighted by Gasteiger charge is -2.37. The minimum absolute atomic E-state index is 0.0542. The second kappa shape index (κ2) is 12.5. The van der Waals surface area contributed by atoms with Gasteiger partial charge in [-0.25, -0.2) is 4.98 Å². The van der Waals surface area contributed by atoms with Crippen LogP contribution in [-0.2, 0) is 11.2 Å². The number of carbonyl (C=O) groups is 2. The summed E-state index contributed by atoms with van der Waals surface area (Å²) in [6.45, 7) is 8.52.